The lowest BCUT2D eigenvalue weighted by molar-refractivity contribution is -0.386. The summed E-state index contributed by atoms with van der Waals surface area (Å²) >= 11 is 0. The van der Waals surface area contributed by atoms with Gasteiger partial charge in [-0.25, -0.2) is 4.79 Å². The number of nitro groups is 1. The normalized spacial score (nSPS) is 20.5. The molecule has 0 aliphatic carbocycles. The van der Waals surface area contributed by atoms with Crippen LogP contribution >= 0.6 is 0 Å². The largest absolute Gasteiger partial charge is 0.487 e. The number of rotatable bonds is 4. The summed E-state index contributed by atoms with van der Waals surface area (Å²) in [7, 11) is 0. The van der Waals surface area contributed by atoms with E-state index in [1.165, 1.54) is 6.07 Å². The van der Waals surface area contributed by atoms with E-state index in [9.17, 15) is 14.9 Å². The van der Waals surface area contributed by atoms with Crippen molar-refractivity contribution < 1.29 is 23.9 Å². The maximum Gasteiger partial charge on any atom is 0.410 e. The quantitative estimate of drug-likeness (QED) is 0.566. The Morgan fingerprint density at radius 1 is 1.39 bits per heavy atom. The molecule has 0 aromatic heterocycles. The highest BCUT2D eigenvalue weighted by atomic mass is 16.6. The fourth-order valence-electron chi connectivity index (χ4n) is 3.63. The number of hydrogen-bond acceptors (Lipinski definition) is 6. The van der Waals surface area contributed by atoms with Crippen molar-refractivity contribution in [2.75, 3.05) is 13.2 Å². The molecule has 154 valence electrons. The molecule has 28 heavy (non-hydrogen) atoms. The van der Waals surface area contributed by atoms with Gasteiger partial charge in [-0.15, -0.1) is 0 Å². The van der Waals surface area contributed by atoms with E-state index in [1.807, 2.05) is 34.6 Å². The molecule has 0 radical (unpaired) electrons. The van der Waals surface area contributed by atoms with Crippen LogP contribution in [-0.4, -0.2) is 46.3 Å². The summed E-state index contributed by atoms with van der Waals surface area (Å²) in [5.74, 6) is 0.776. The highest BCUT2D eigenvalue weighted by Gasteiger charge is 2.35. The Morgan fingerprint density at radius 3 is 2.75 bits per heavy atom. The van der Waals surface area contributed by atoms with Crippen LogP contribution < -0.4 is 9.47 Å². The zero-order valence-electron chi connectivity index (χ0n) is 17.1. The minimum Gasteiger partial charge on any atom is -0.487 e. The number of hydrogen-bond donors (Lipinski definition) is 0. The molecule has 2 aliphatic rings. The van der Waals surface area contributed by atoms with Gasteiger partial charge >= 0.3 is 11.8 Å². The van der Waals surface area contributed by atoms with Crippen LogP contribution in [0.2, 0.25) is 0 Å². The molecule has 0 spiro atoms. The molecule has 1 amide bonds. The average molecular weight is 392 g/mol. The second-order valence-electron chi connectivity index (χ2n) is 9.00. The molecular formula is C20H28N2O6. The van der Waals surface area contributed by atoms with Crippen LogP contribution in [0.25, 0.3) is 0 Å². The molecule has 2 heterocycles. The molecule has 1 aromatic rings. The highest BCUT2D eigenvalue weighted by Crippen LogP contribution is 2.42. The number of fused-ring (bicyclic) bond motifs is 1. The summed E-state index contributed by atoms with van der Waals surface area (Å²) in [6.07, 6.45) is 1.84. The predicted octanol–water partition coefficient (Wildman–Crippen LogP) is 4.09. The lowest BCUT2D eigenvalue weighted by Crippen LogP contribution is -2.42. The van der Waals surface area contributed by atoms with E-state index in [0.29, 0.717) is 18.7 Å². The first-order chi connectivity index (χ1) is 13.0. The van der Waals surface area contributed by atoms with Gasteiger partial charge in [0, 0.05) is 30.7 Å². The first-order valence-electron chi connectivity index (χ1n) is 9.58. The molecule has 0 N–H and O–H groups in total. The number of carbonyl (C=O) groups excluding carboxylic acids is 1. The number of benzene rings is 1. The van der Waals surface area contributed by atoms with Gasteiger partial charge in [0.2, 0.25) is 5.75 Å². The van der Waals surface area contributed by atoms with Gasteiger partial charge in [0.05, 0.1) is 11.0 Å². The standard InChI is InChI=1S/C20H28N2O6/c1-19(2,3)28-18(23)21-8-6-7-14(21)12-26-17-10-16-13(9-15(17)22(24)25)11-20(4,5)27-16/h9-10,14H,6-8,11-12H2,1-5H3. The van der Waals surface area contributed by atoms with Crippen LogP contribution in [0.1, 0.15) is 53.0 Å². The minimum absolute atomic E-state index is 0.0816. The Morgan fingerprint density at radius 2 is 2.11 bits per heavy atom. The van der Waals surface area contributed by atoms with Gasteiger partial charge in [0.25, 0.3) is 0 Å². The van der Waals surface area contributed by atoms with E-state index < -0.39 is 16.1 Å². The Labute approximate surface area is 164 Å². The zero-order valence-corrected chi connectivity index (χ0v) is 17.1. The van der Waals surface area contributed by atoms with E-state index in [2.05, 4.69) is 0 Å². The van der Waals surface area contributed by atoms with Crippen molar-refractivity contribution >= 4 is 11.8 Å². The molecule has 1 unspecified atom stereocenters. The molecule has 1 aromatic carbocycles. The summed E-state index contributed by atoms with van der Waals surface area (Å²) in [5.41, 5.74) is -0.246. The first kappa shape index (κ1) is 20.2. The summed E-state index contributed by atoms with van der Waals surface area (Å²) < 4.78 is 17.1. The van der Waals surface area contributed by atoms with Gasteiger partial charge in [0.1, 0.15) is 23.6 Å². The van der Waals surface area contributed by atoms with E-state index in [1.54, 1.807) is 11.0 Å². The van der Waals surface area contributed by atoms with Gasteiger partial charge < -0.3 is 19.1 Å². The van der Waals surface area contributed by atoms with Crippen LogP contribution in [0.15, 0.2) is 12.1 Å². The molecule has 1 atom stereocenters. The predicted molar refractivity (Wildman–Crippen MR) is 103 cm³/mol. The smallest absolute Gasteiger partial charge is 0.410 e. The van der Waals surface area contributed by atoms with E-state index in [0.717, 1.165) is 18.4 Å². The zero-order chi connectivity index (χ0) is 20.7. The topological polar surface area (TPSA) is 91.1 Å². The molecular weight excluding hydrogens is 364 g/mol. The number of carbonyl (C=O) groups is 1. The maximum atomic E-state index is 12.4. The van der Waals surface area contributed by atoms with E-state index >= 15 is 0 Å². The van der Waals surface area contributed by atoms with Gasteiger partial charge in [0.15, 0.2) is 0 Å². The molecule has 0 bridgehead atoms. The Balaban J connectivity index is 1.73. The monoisotopic (exact) mass is 392 g/mol. The minimum atomic E-state index is -0.575. The Kier molecular flexibility index (Phi) is 5.16. The van der Waals surface area contributed by atoms with Crippen LogP contribution in [-0.2, 0) is 11.2 Å². The van der Waals surface area contributed by atoms with Gasteiger partial charge in [-0.2, -0.15) is 0 Å². The van der Waals surface area contributed by atoms with Crippen molar-refractivity contribution in [3.8, 4) is 11.5 Å². The Bertz CT molecular complexity index is 784. The van der Waals surface area contributed by atoms with Crippen molar-refractivity contribution in [3.05, 3.63) is 27.8 Å². The summed E-state index contributed by atoms with van der Waals surface area (Å²) in [6.45, 7) is 10.1. The lowest BCUT2D eigenvalue weighted by atomic mass is 10.0. The molecule has 8 nitrogen and oxygen atoms in total. The Hall–Kier alpha value is -2.51. The molecule has 8 heteroatoms. The van der Waals surface area contributed by atoms with Crippen molar-refractivity contribution in [3.63, 3.8) is 0 Å². The van der Waals surface area contributed by atoms with Crippen LogP contribution in [0.3, 0.4) is 0 Å². The molecule has 3 rings (SSSR count). The molecule has 0 saturated carbocycles. The number of likely N-dealkylation sites (tertiary alicyclic amines) is 1. The van der Waals surface area contributed by atoms with Crippen molar-refractivity contribution in [2.45, 2.75) is 71.1 Å². The van der Waals surface area contributed by atoms with Gasteiger partial charge in [-0.3, -0.25) is 10.1 Å². The van der Waals surface area contributed by atoms with Gasteiger partial charge in [-0.1, -0.05) is 0 Å². The van der Waals surface area contributed by atoms with Crippen LogP contribution in [0.4, 0.5) is 10.5 Å². The fourth-order valence-corrected chi connectivity index (χ4v) is 3.63. The maximum absolute atomic E-state index is 12.4. The van der Waals surface area contributed by atoms with Crippen molar-refractivity contribution in [2.24, 2.45) is 0 Å². The number of nitro benzene ring substituents is 1. The molecule has 1 fully saturated rings. The van der Waals surface area contributed by atoms with Crippen LogP contribution in [0.5, 0.6) is 11.5 Å². The SMILES string of the molecule is CC(C)(C)OC(=O)N1CCCC1COc1cc2c(cc1[N+](=O)[O-])CC(C)(C)O2. The second kappa shape index (κ2) is 7.14. The lowest BCUT2D eigenvalue weighted by Gasteiger charge is -2.28. The third-order valence-corrected chi connectivity index (χ3v) is 4.78. The van der Waals surface area contributed by atoms with E-state index in [-0.39, 0.29) is 30.2 Å². The summed E-state index contributed by atoms with van der Waals surface area (Å²) in [4.78, 5) is 25.1. The molecule has 1 saturated heterocycles. The third-order valence-electron chi connectivity index (χ3n) is 4.78. The highest BCUT2D eigenvalue weighted by molar-refractivity contribution is 5.69. The fraction of sp³-hybridized carbons (Fsp3) is 0.650. The summed E-state index contributed by atoms with van der Waals surface area (Å²) in [5, 5.41) is 11.5. The van der Waals surface area contributed by atoms with Crippen molar-refractivity contribution in [1.29, 1.82) is 0 Å². The van der Waals surface area contributed by atoms with E-state index in [4.69, 9.17) is 14.2 Å². The van der Waals surface area contributed by atoms with Crippen molar-refractivity contribution in [1.82, 2.24) is 4.90 Å². The van der Waals surface area contributed by atoms with Crippen LogP contribution in [0, 0.1) is 10.1 Å². The third kappa shape index (κ3) is 4.48. The molecule has 2 aliphatic heterocycles. The number of ether oxygens (including phenoxy) is 3. The number of amides is 1. The summed E-state index contributed by atoms with van der Waals surface area (Å²) in [6, 6.07) is 2.94. The first-order valence-corrected chi connectivity index (χ1v) is 9.58. The number of nitrogens with zero attached hydrogens (tertiary/aromatic N) is 2. The second-order valence-corrected chi connectivity index (χ2v) is 9.00. The van der Waals surface area contributed by atoms with Gasteiger partial charge in [-0.05, 0) is 47.5 Å². The average Bonchev–Trinajstić information content (AvgIpc) is 3.11.